The summed E-state index contributed by atoms with van der Waals surface area (Å²) < 4.78 is 27.0. The lowest BCUT2D eigenvalue weighted by molar-refractivity contribution is -0.140. The smallest absolute Gasteiger partial charge is 0.242 e. The Morgan fingerprint density at radius 2 is 1.77 bits per heavy atom. The SMILES string of the molecule is CCCCNC(=O)[C@H](C)N(Cc1cccc(Br)c1)C(=O)CCCN(c1ccc(C)cc1)S(C)(=O)=O. The Kier molecular flexibility index (Phi) is 11.2. The van der Waals surface area contributed by atoms with Gasteiger partial charge in [-0.05, 0) is 56.5 Å². The highest BCUT2D eigenvalue weighted by Crippen LogP contribution is 2.20. The summed E-state index contributed by atoms with van der Waals surface area (Å²) in [5, 5.41) is 2.91. The van der Waals surface area contributed by atoms with E-state index in [1.807, 2.05) is 43.3 Å². The molecule has 9 heteroatoms. The van der Waals surface area contributed by atoms with Gasteiger partial charge in [0.25, 0.3) is 0 Å². The Labute approximate surface area is 218 Å². The van der Waals surface area contributed by atoms with Gasteiger partial charge in [-0.15, -0.1) is 0 Å². The maximum absolute atomic E-state index is 13.3. The lowest BCUT2D eigenvalue weighted by Gasteiger charge is -2.29. The first-order valence-electron chi connectivity index (χ1n) is 11.9. The minimum atomic E-state index is -3.51. The monoisotopic (exact) mass is 565 g/mol. The zero-order chi connectivity index (χ0) is 26.0. The minimum absolute atomic E-state index is 0.123. The summed E-state index contributed by atoms with van der Waals surface area (Å²) in [6.07, 6.45) is 3.46. The van der Waals surface area contributed by atoms with E-state index in [-0.39, 0.29) is 31.3 Å². The van der Waals surface area contributed by atoms with Crippen LogP contribution in [-0.4, -0.2) is 50.5 Å². The zero-order valence-electron chi connectivity index (χ0n) is 21.0. The Hall–Kier alpha value is -2.39. The summed E-state index contributed by atoms with van der Waals surface area (Å²) in [7, 11) is -3.51. The van der Waals surface area contributed by atoms with Crippen LogP contribution in [-0.2, 0) is 26.2 Å². The Balaban J connectivity index is 2.13. The minimum Gasteiger partial charge on any atom is -0.354 e. The number of sulfonamides is 1. The average Bonchev–Trinajstić information content (AvgIpc) is 2.80. The predicted octanol–water partition coefficient (Wildman–Crippen LogP) is 4.64. The molecule has 0 bridgehead atoms. The molecule has 7 nitrogen and oxygen atoms in total. The van der Waals surface area contributed by atoms with Crippen LogP contribution in [0.1, 0.15) is 50.7 Å². The van der Waals surface area contributed by atoms with E-state index in [1.165, 1.54) is 4.31 Å². The molecule has 2 aromatic carbocycles. The molecule has 1 atom stereocenters. The Bertz CT molecular complexity index is 1090. The van der Waals surface area contributed by atoms with Gasteiger partial charge < -0.3 is 10.2 Å². The third kappa shape index (κ3) is 9.29. The molecule has 2 rings (SSSR count). The molecule has 0 unspecified atom stereocenters. The molecule has 2 aromatic rings. The number of anilines is 1. The van der Waals surface area contributed by atoms with E-state index in [9.17, 15) is 18.0 Å². The van der Waals surface area contributed by atoms with Crippen molar-refractivity contribution in [2.24, 2.45) is 0 Å². The second-order valence-electron chi connectivity index (χ2n) is 8.75. The van der Waals surface area contributed by atoms with Gasteiger partial charge in [-0.1, -0.05) is 59.1 Å². The van der Waals surface area contributed by atoms with Crippen LogP contribution in [0.25, 0.3) is 0 Å². The molecular formula is C26H36BrN3O4S. The molecule has 0 aromatic heterocycles. The number of hydrogen-bond donors (Lipinski definition) is 1. The molecule has 2 amide bonds. The van der Waals surface area contributed by atoms with Crippen LogP contribution >= 0.6 is 15.9 Å². The number of carbonyl (C=O) groups excluding carboxylic acids is 2. The number of nitrogens with zero attached hydrogens (tertiary/aromatic N) is 2. The van der Waals surface area contributed by atoms with Crippen LogP contribution in [0.4, 0.5) is 5.69 Å². The van der Waals surface area contributed by atoms with E-state index in [2.05, 4.69) is 28.2 Å². The van der Waals surface area contributed by atoms with Crippen molar-refractivity contribution in [3.05, 3.63) is 64.1 Å². The molecular weight excluding hydrogens is 530 g/mol. The molecule has 0 radical (unpaired) electrons. The van der Waals surface area contributed by atoms with E-state index >= 15 is 0 Å². The second kappa shape index (κ2) is 13.6. The normalized spacial score (nSPS) is 12.1. The number of nitrogens with one attached hydrogen (secondary N) is 1. The summed E-state index contributed by atoms with van der Waals surface area (Å²) in [5.74, 6) is -0.389. The van der Waals surface area contributed by atoms with Gasteiger partial charge in [-0.3, -0.25) is 13.9 Å². The number of rotatable bonds is 13. The molecule has 0 spiro atoms. The lowest BCUT2D eigenvalue weighted by Crippen LogP contribution is -2.48. The number of aryl methyl sites for hydroxylation is 1. The predicted molar refractivity (Wildman–Crippen MR) is 145 cm³/mol. The summed E-state index contributed by atoms with van der Waals surface area (Å²) >= 11 is 3.46. The quantitative estimate of drug-likeness (QED) is 0.358. The van der Waals surface area contributed by atoms with E-state index in [4.69, 9.17) is 0 Å². The number of unbranched alkanes of at least 4 members (excludes halogenated alkanes) is 1. The first kappa shape index (κ1) is 28.8. The van der Waals surface area contributed by atoms with Crippen LogP contribution in [0.2, 0.25) is 0 Å². The highest BCUT2D eigenvalue weighted by atomic mass is 79.9. The molecule has 0 saturated heterocycles. The van der Waals surface area contributed by atoms with Gasteiger partial charge in [0.2, 0.25) is 21.8 Å². The third-order valence-electron chi connectivity index (χ3n) is 5.71. The zero-order valence-corrected chi connectivity index (χ0v) is 23.4. The summed E-state index contributed by atoms with van der Waals surface area (Å²) in [6.45, 7) is 6.75. The molecule has 0 heterocycles. The summed E-state index contributed by atoms with van der Waals surface area (Å²) in [6, 6.07) is 14.2. The van der Waals surface area contributed by atoms with Crippen molar-refractivity contribution in [1.29, 1.82) is 0 Å². The van der Waals surface area contributed by atoms with Gasteiger partial charge in [0.15, 0.2) is 0 Å². The van der Waals surface area contributed by atoms with Crippen LogP contribution in [0, 0.1) is 6.92 Å². The van der Waals surface area contributed by atoms with E-state index < -0.39 is 16.1 Å². The number of amides is 2. The van der Waals surface area contributed by atoms with Crippen LogP contribution < -0.4 is 9.62 Å². The number of benzene rings is 2. The van der Waals surface area contributed by atoms with Crippen molar-refractivity contribution in [3.63, 3.8) is 0 Å². The van der Waals surface area contributed by atoms with Crippen molar-refractivity contribution in [1.82, 2.24) is 10.2 Å². The van der Waals surface area contributed by atoms with E-state index in [0.717, 1.165) is 34.7 Å². The molecule has 35 heavy (non-hydrogen) atoms. The van der Waals surface area contributed by atoms with Crippen molar-refractivity contribution < 1.29 is 18.0 Å². The number of halogens is 1. The third-order valence-corrected chi connectivity index (χ3v) is 7.40. The Morgan fingerprint density at radius 1 is 1.09 bits per heavy atom. The highest BCUT2D eigenvalue weighted by Gasteiger charge is 2.26. The maximum Gasteiger partial charge on any atom is 0.242 e. The van der Waals surface area contributed by atoms with Crippen molar-refractivity contribution in [2.45, 2.75) is 59.0 Å². The first-order chi connectivity index (χ1) is 16.5. The van der Waals surface area contributed by atoms with Gasteiger partial charge in [0, 0.05) is 30.5 Å². The molecule has 0 aliphatic carbocycles. The highest BCUT2D eigenvalue weighted by molar-refractivity contribution is 9.10. The lowest BCUT2D eigenvalue weighted by atomic mass is 10.1. The average molecular weight is 567 g/mol. The largest absolute Gasteiger partial charge is 0.354 e. The maximum atomic E-state index is 13.3. The fourth-order valence-corrected chi connectivity index (χ4v) is 5.08. The van der Waals surface area contributed by atoms with Crippen molar-refractivity contribution >= 4 is 43.5 Å². The van der Waals surface area contributed by atoms with Gasteiger partial charge >= 0.3 is 0 Å². The van der Waals surface area contributed by atoms with Crippen LogP contribution in [0.5, 0.6) is 0 Å². The van der Waals surface area contributed by atoms with Gasteiger partial charge in [-0.2, -0.15) is 0 Å². The molecule has 192 valence electrons. The van der Waals surface area contributed by atoms with Crippen LogP contribution in [0.3, 0.4) is 0 Å². The fraction of sp³-hybridized carbons (Fsp3) is 0.462. The Morgan fingerprint density at radius 3 is 2.37 bits per heavy atom. The molecule has 0 saturated carbocycles. The van der Waals surface area contributed by atoms with Crippen LogP contribution in [0.15, 0.2) is 53.0 Å². The van der Waals surface area contributed by atoms with Gasteiger partial charge in [0.05, 0.1) is 11.9 Å². The van der Waals surface area contributed by atoms with E-state index in [1.54, 1.807) is 24.0 Å². The first-order valence-corrected chi connectivity index (χ1v) is 14.5. The number of hydrogen-bond acceptors (Lipinski definition) is 4. The van der Waals surface area contributed by atoms with E-state index in [0.29, 0.717) is 18.7 Å². The van der Waals surface area contributed by atoms with Gasteiger partial charge in [-0.25, -0.2) is 8.42 Å². The molecule has 0 aliphatic heterocycles. The molecule has 0 fully saturated rings. The number of carbonyl (C=O) groups is 2. The topological polar surface area (TPSA) is 86.8 Å². The molecule has 0 aliphatic rings. The van der Waals surface area contributed by atoms with Crippen molar-refractivity contribution in [3.8, 4) is 0 Å². The van der Waals surface area contributed by atoms with Crippen molar-refractivity contribution in [2.75, 3.05) is 23.7 Å². The fourth-order valence-electron chi connectivity index (χ4n) is 3.67. The summed E-state index contributed by atoms with van der Waals surface area (Å²) in [5.41, 5.74) is 2.50. The van der Waals surface area contributed by atoms with Gasteiger partial charge in [0.1, 0.15) is 6.04 Å². The standard InChI is InChI=1S/C26H36BrN3O4S/c1-5-6-16-28-26(32)21(3)29(19-22-9-7-10-23(27)18-22)25(31)11-8-17-30(35(4,33)34)24-14-12-20(2)13-15-24/h7,9-10,12-15,18,21H,5-6,8,11,16-17,19H2,1-4H3,(H,28,32)/t21-/m0/s1. The summed E-state index contributed by atoms with van der Waals surface area (Å²) in [4.78, 5) is 27.6. The molecule has 1 N–H and O–H groups in total. The second-order valence-corrected chi connectivity index (χ2v) is 11.6.